The number of halogens is 3. The van der Waals surface area contributed by atoms with E-state index in [1.165, 1.54) is 0 Å². The smallest absolute Gasteiger partial charge is 0.0831 e. The van der Waals surface area contributed by atoms with Crippen LogP contribution in [-0.4, -0.2) is 5.71 Å². The van der Waals surface area contributed by atoms with Crippen molar-refractivity contribution in [3.8, 4) is 0 Å². The highest BCUT2D eigenvalue weighted by molar-refractivity contribution is 6.31. The van der Waals surface area contributed by atoms with Gasteiger partial charge < -0.3 is 0 Å². The average Bonchev–Trinajstić information content (AvgIpc) is 3.09. The highest BCUT2D eigenvalue weighted by Gasteiger charge is 2.29. The number of anilines is 1. The minimum absolute atomic E-state index is 0.0964. The highest BCUT2D eigenvalue weighted by Crippen LogP contribution is 2.37. The quantitative estimate of drug-likeness (QED) is 0.461. The van der Waals surface area contributed by atoms with Crippen LogP contribution in [0.5, 0.6) is 0 Å². The Balaban J connectivity index is 1.74. The van der Waals surface area contributed by atoms with Crippen LogP contribution in [0.4, 0.5) is 5.69 Å². The lowest BCUT2D eigenvalue weighted by Gasteiger charge is -2.24. The number of hydrogen-bond donors (Lipinski definition) is 0. The molecule has 1 atom stereocenters. The standard InChI is InChI=1S/C21H15Cl3N2/c22-16-5-1-14(2-6-16)20-13-21(15-3-7-17(23)8-4-15)26(25-20)19-11-9-18(24)10-12-19/h1-12,21H,13H2/t21-/m0/s1. The fourth-order valence-electron chi connectivity index (χ4n) is 3.10. The fourth-order valence-corrected chi connectivity index (χ4v) is 3.48. The molecular weight excluding hydrogens is 387 g/mol. The van der Waals surface area contributed by atoms with E-state index in [4.69, 9.17) is 39.9 Å². The zero-order chi connectivity index (χ0) is 18.1. The lowest BCUT2D eigenvalue weighted by atomic mass is 9.98. The zero-order valence-electron chi connectivity index (χ0n) is 13.7. The Labute approximate surface area is 167 Å². The molecule has 0 bridgehead atoms. The van der Waals surface area contributed by atoms with E-state index in [1.807, 2.05) is 65.7 Å². The Hall–Kier alpha value is -2.00. The molecule has 0 aromatic heterocycles. The van der Waals surface area contributed by atoms with Gasteiger partial charge in [0.2, 0.25) is 0 Å². The van der Waals surface area contributed by atoms with Crippen molar-refractivity contribution in [1.29, 1.82) is 0 Å². The van der Waals surface area contributed by atoms with E-state index in [0.29, 0.717) is 5.02 Å². The Kier molecular flexibility index (Phi) is 4.90. The third-order valence-electron chi connectivity index (χ3n) is 4.43. The highest BCUT2D eigenvalue weighted by atomic mass is 35.5. The van der Waals surface area contributed by atoms with E-state index < -0.39 is 0 Å². The van der Waals surface area contributed by atoms with Crippen molar-refractivity contribution in [3.63, 3.8) is 0 Å². The van der Waals surface area contributed by atoms with Gasteiger partial charge in [0.05, 0.1) is 17.4 Å². The predicted octanol–water partition coefficient (Wildman–Crippen LogP) is 7.00. The van der Waals surface area contributed by atoms with Crippen LogP contribution in [0.15, 0.2) is 77.9 Å². The molecule has 0 aliphatic carbocycles. The molecule has 3 aromatic carbocycles. The number of hydrazone groups is 1. The SMILES string of the molecule is Clc1ccc(C2=NN(c3ccc(Cl)cc3)[C@H](c3ccc(Cl)cc3)C2)cc1. The summed E-state index contributed by atoms with van der Waals surface area (Å²) in [5, 5.41) is 9.09. The number of rotatable bonds is 3. The summed E-state index contributed by atoms with van der Waals surface area (Å²) >= 11 is 18.1. The van der Waals surface area contributed by atoms with Gasteiger partial charge in [0.1, 0.15) is 0 Å². The van der Waals surface area contributed by atoms with Gasteiger partial charge in [-0.1, -0.05) is 59.1 Å². The maximum atomic E-state index is 6.06. The van der Waals surface area contributed by atoms with Gasteiger partial charge in [-0.25, -0.2) is 0 Å². The van der Waals surface area contributed by atoms with E-state index in [0.717, 1.165) is 39.0 Å². The average molecular weight is 402 g/mol. The van der Waals surface area contributed by atoms with Crippen LogP contribution in [0.1, 0.15) is 23.6 Å². The molecule has 0 amide bonds. The molecule has 26 heavy (non-hydrogen) atoms. The molecule has 0 N–H and O–H groups in total. The van der Waals surface area contributed by atoms with Crippen molar-refractivity contribution in [2.24, 2.45) is 5.10 Å². The van der Waals surface area contributed by atoms with E-state index >= 15 is 0 Å². The van der Waals surface area contributed by atoms with Gasteiger partial charge in [-0.3, -0.25) is 5.01 Å². The van der Waals surface area contributed by atoms with Crippen LogP contribution in [0.25, 0.3) is 0 Å². The monoisotopic (exact) mass is 400 g/mol. The molecular formula is C21H15Cl3N2. The third-order valence-corrected chi connectivity index (χ3v) is 5.19. The molecule has 0 fully saturated rings. The van der Waals surface area contributed by atoms with Crippen molar-refractivity contribution in [2.45, 2.75) is 12.5 Å². The van der Waals surface area contributed by atoms with Crippen LogP contribution in [0.2, 0.25) is 15.1 Å². The summed E-state index contributed by atoms with van der Waals surface area (Å²) < 4.78 is 0. The molecule has 0 radical (unpaired) electrons. The van der Waals surface area contributed by atoms with Crippen molar-refractivity contribution < 1.29 is 0 Å². The first-order valence-electron chi connectivity index (χ1n) is 8.24. The molecule has 2 nitrogen and oxygen atoms in total. The number of benzene rings is 3. The summed E-state index contributed by atoms with van der Waals surface area (Å²) in [7, 11) is 0. The molecule has 0 saturated carbocycles. The van der Waals surface area contributed by atoms with Gasteiger partial charge in [0, 0.05) is 21.5 Å². The lowest BCUT2D eigenvalue weighted by molar-refractivity contribution is 0.709. The summed E-state index contributed by atoms with van der Waals surface area (Å²) in [5.41, 5.74) is 4.26. The molecule has 4 rings (SSSR count). The molecule has 0 unspecified atom stereocenters. The molecule has 1 heterocycles. The van der Waals surface area contributed by atoms with E-state index in [1.54, 1.807) is 0 Å². The zero-order valence-corrected chi connectivity index (χ0v) is 16.0. The summed E-state index contributed by atoms with van der Waals surface area (Å²) in [5.74, 6) is 0. The van der Waals surface area contributed by atoms with Crippen LogP contribution in [0.3, 0.4) is 0 Å². The minimum Gasteiger partial charge on any atom is -0.257 e. The Morgan fingerprint density at radius 2 is 1.19 bits per heavy atom. The lowest BCUT2D eigenvalue weighted by Crippen LogP contribution is -2.18. The van der Waals surface area contributed by atoms with Crippen molar-refractivity contribution in [1.82, 2.24) is 0 Å². The van der Waals surface area contributed by atoms with Crippen LogP contribution < -0.4 is 5.01 Å². The molecule has 1 aliphatic heterocycles. The first-order valence-corrected chi connectivity index (χ1v) is 9.37. The van der Waals surface area contributed by atoms with Gasteiger partial charge in [0.15, 0.2) is 0 Å². The van der Waals surface area contributed by atoms with Gasteiger partial charge in [0.25, 0.3) is 0 Å². The van der Waals surface area contributed by atoms with E-state index in [2.05, 4.69) is 12.1 Å². The Morgan fingerprint density at radius 1 is 0.692 bits per heavy atom. The van der Waals surface area contributed by atoms with E-state index in [9.17, 15) is 0 Å². The molecule has 130 valence electrons. The summed E-state index contributed by atoms with van der Waals surface area (Å²) in [6.07, 6.45) is 0.798. The van der Waals surface area contributed by atoms with Crippen LogP contribution in [0, 0.1) is 0 Å². The fraction of sp³-hybridized carbons (Fsp3) is 0.0952. The Bertz CT molecular complexity index is 933. The minimum atomic E-state index is 0.0964. The second-order valence-corrected chi connectivity index (χ2v) is 7.46. The maximum Gasteiger partial charge on any atom is 0.0831 e. The topological polar surface area (TPSA) is 15.6 Å². The van der Waals surface area contributed by atoms with E-state index in [-0.39, 0.29) is 6.04 Å². The number of hydrogen-bond acceptors (Lipinski definition) is 2. The Morgan fingerprint density at radius 3 is 1.77 bits per heavy atom. The first kappa shape index (κ1) is 17.4. The summed E-state index contributed by atoms with van der Waals surface area (Å²) in [6, 6.07) is 23.6. The first-order chi connectivity index (χ1) is 12.6. The van der Waals surface area contributed by atoms with Gasteiger partial charge in [-0.05, 0) is 59.7 Å². The van der Waals surface area contributed by atoms with Gasteiger partial charge >= 0.3 is 0 Å². The largest absolute Gasteiger partial charge is 0.257 e. The van der Waals surface area contributed by atoms with Crippen molar-refractivity contribution >= 4 is 46.2 Å². The normalized spacial score (nSPS) is 16.7. The second kappa shape index (κ2) is 7.32. The molecule has 1 aliphatic rings. The second-order valence-electron chi connectivity index (χ2n) is 6.15. The van der Waals surface area contributed by atoms with Crippen molar-refractivity contribution in [3.05, 3.63) is 99.0 Å². The van der Waals surface area contributed by atoms with Crippen molar-refractivity contribution in [2.75, 3.05) is 5.01 Å². The molecule has 5 heteroatoms. The van der Waals surface area contributed by atoms with Gasteiger partial charge in [-0.15, -0.1) is 0 Å². The predicted molar refractivity (Wildman–Crippen MR) is 111 cm³/mol. The van der Waals surface area contributed by atoms with Crippen LogP contribution >= 0.6 is 34.8 Å². The molecule has 3 aromatic rings. The third kappa shape index (κ3) is 3.59. The molecule has 0 spiro atoms. The summed E-state index contributed by atoms with van der Waals surface area (Å²) in [4.78, 5) is 0. The molecule has 0 saturated heterocycles. The van der Waals surface area contributed by atoms with Gasteiger partial charge in [-0.2, -0.15) is 5.10 Å². The maximum absolute atomic E-state index is 6.06. The number of nitrogens with zero attached hydrogens (tertiary/aromatic N) is 2. The van der Waals surface area contributed by atoms with Crippen LogP contribution in [-0.2, 0) is 0 Å². The summed E-state index contributed by atoms with van der Waals surface area (Å²) in [6.45, 7) is 0.